The molecule has 0 bridgehead atoms. The van der Waals surface area contributed by atoms with Gasteiger partial charge in [0.25, 0.3) is 0 Å². The van der Waals surface area contributed by atoms with Gasteiger partial charge in [-0.15, -0.1) is 0 Å². The minimum absolute atomic E-state index is 0.141. The molecule has 0 aliphatic carbocycles. The molecule has 20 heavy (non-hydrogen) atoms. The van der Waals surface area contributed by atoms with E-state index >= 15 is 0 Å². The molecule has 0 spiro atoms. The first kappa shape index (κ1) is 16.7. The molecule has 0 heterocycles. The second-order valence-corrected chi connectivity index (χ2v) is 5.80. The van der Waals surface area contributed by atoms with E-state index in [9.17, 15) is 4.79 Å². The molecule has 0 aromatic heterocycles. The fraction of sp³-hybridized carbons (Fsp3) is 0.588. The number of hydrogen-bond donors (Lipinski definition) is 2. The molecule has 0 aliphatic heterocycles. The molecule has 2 N–H and O–H groups in total. The molecule has 0 saturated carbocycles. The van der Waals surface area contributed by atoms with Crippen LogP contribution in [0.25, 0.3) is 0 Å². The Morgan fingerprint density at radius 1 is 1.10 bits per heavy atom. The van der Waals surface area contributed by atoms with Crippen molar-refractivity contribution in [2.24, 2.45) is 5.92 Å². The molecule has 1 aromatic rings. The van der Waals surface area contributed by atoms with Crippen molar-refractivity contribution in [1.29, 1.82) is 0 Å². The summed E-state index contributed by atoms with van der Waals surface area (Å²) >= 11 is 0. The molecule has 1 amide bonds. The minimum Gasteiger partial charge on any atom is -0.356 e. The Morgan fingerprint density at radius 2 is 1.80 bits per heavy atom. The second kappa shape index (κ2) is 9.54. The quantitative estimate of drug-likeness (QED) is 0.681. The van der Waals surface area contributed by atoms with Crippen molar-refractivity contribution in [2.75, 3.05) is 19.6 Å². The Morgan fingerprint density at radius 3 is 2.45 bits per heavy atom. The first-order valence-electron chi connectivity index (χ1n) is 7.62. The number of carbonyl (C=O) groups excluding carboxylic acids is 1. The van der Waals surface area contributed by atoms with Crippen LogP contribution in [0.4, 0.5) is 0 Å². The zero-order valence-corrected chi connectivity index (χ0v) is 13.0. The maximum atomic E-state index is 11.5. The molecule has 3 heteroatoms. The summed E-state index contributed by atoms with van der Waals surface area (Å²) in [6, 6.07) is 10.6. The number of hydrogen-bond acceptors (Lipinski definition) is 2. The second-order valence-electron chi connectivity index (χ2n) is 5.80. The van der Waals surface area contributed by atoms with E-state index in [1.807, 2.05) is 6.07 Å². The third-order valence-corrected chi connectivity index (χ3v) is 3.36. The van der Waals surface area contributed by atoms with Gasteiger partial charge >= 0.3 is 0 Å². The van der Waals surface area contributed by atoms with Gasteiger partial charge < -0.3 is 10.6 Å². The van der Waals surface area contributed by atoms with Crippen LogP contribution in [0, 0.1) is 5.92 Å². The van der Waals surface area contributed by atoms with E-state index in [2.05, 4.69) is 55.7 Å². The van der Waals surface area contributed by atoms with Crippen LogP contribution < -0.4 is 10.6 Å². The Kier molecular flexibility index (Phi) is 7.97. The van der Waals surface area contributed by atoms with Crippen molar-refractivity contribution in [3.8, 4) is 0 Å². The highest BCUT2D eigenvalue weighted by Crippen LogP contribution is 2.17. The normalized spacial score (nSPS) is 12.4. The molecule has 1 rings (SSSR count). The third-order valence-electron chi connectivity index (χ3n) is 3.36. The van der Waals surface area contributed by atoms with Crippen LogP contribution >= 0.6 is 0 Å². The highest BCUT2D eigenvalue weighted by molar-refractivity contribution is 5.76. The molecule has 112 valence electrons. The topological polar surface area (TPSA) is 41.1 Å². The predicted molar refractivity (Wildman–Crippen MR) is 84.8 cm³/mol. The van der Waals surface area contributed by atoms with Gasteiger partial charge in [-0.25, -0.2) is 0 Å². The van der Waals surface area contributed by atoms with Crippen molar-refractivity contribution in [2.45, 2.75) is 39.5 Å². The van der Waals surface area contributed by atoms with Crippen molar-refractivity contribution in [3.63, 3.8) is 0 Å². The maximum Gasteiger partial charge on any atom is 0.221 e. The van der Waals surface area contributed by atoms with Gasteiger partial charge in [-0.3, -0.25) is 4.79 Å². The van der Waals surface area contributed by atoms with Gasteiger partial charge in [0.2, 0.25) is 5.91 Å². The molecular formula is C17H28N2O. The average molecular weight is 276 g/mol. The van der Waals surface area contributed by atoms with Gasteiger partial charge in [0, 0.05) is 19.5 Å². The fourth-order valence-electron chi connectivity index (χ4n) is 2.00. The van der Waals surface area contributed by atoms with Gasteiger partial charge in [0.15, 0.2) is 0 Å². The number of amides is 1. The van der Waals surface area contributed by atoms with E-state index in [1.165, 1.54) is 5.56 Å². The van der Waals surface area contributed by atoms with Crippen molar-refractivity contribution < 1.29 is 4.79 Å². The largest absolute Gasteiger partial charge is 0.356 e. The smallest absolute Gasteiger partial charge is 0.221 e. The summed E-state index contributed by atoms with van der Waals surface area (Å²) in [7, 11) is 0. The number of nitrogens with one attached hydrogen (secondary N) is 2. The van der Waals surface area contributed by atoms with E-state index in [1.54, 1.807) is 0 Å². The summed E-state index contributed by atoms with van der Waals surface area (Å²) in [6.07, 6.45) is 1.66. The van der Waals surface area contributed by atoms with Gasteiger partial charge in [-0.1, -0.05) is 51.1 Å². The van der Waals surface area contributed by atoms with Gasteiger partial charge in [0.1, 0.15) is 0 Å². The maximum absolute atomic E-state index is 11.5. The Hall–Kier alpha value is -1.35. The van der Waals surface area contributed by atoms with Gasteiger partial charge in [-0.2, -0.15) is 0 Å². The van der Waals surface area contributed by atoms with E-state index in [-0.39, 0.29) is 5.91 Å². The first-order chi connectivity index (χ1) is 9.59. The SMILES string of the molecule is CC(C)CNC(=O)CCNCCC(C)c1ccccc1. The van der Waals surface area contributed by atoms with Crippen LogP contribution in [0.3, 0.4) is 0 Å². The lowest BCUT2D eigenvalue weighted by molar-refractivity contribution is -0.121. The highest BCUT2D eigenvalue weighted by atomic mass is 16.1. The van der Waals surface area contributed by atoms with Gasteiger partial charge in [0.05, 0.1) is 0 Å². The summed E-state index contributed by atoms with van der Waals surface area (Å²) < 4.78 is 0. The predicted octanol–water partition coefficient (Wildman–Crippen LogP) is 2.93. The molecule has 1 unspecified atom stereocenters. The fourth-order valence-corrected chi connectivity index (χ4v) is 2.00. The number of carbonyl (C=O) groups is 1. The van der Waals surface area contributed by atoms with Crippen molar-refractivity contribution >= 4 is 5.91 Å². The minimum atomic E-state index is 0.141. The van der Waals surface area contributed by atoms with E-state index < -0.39 is 0 Å². The van der Waals surface area contributed by atoms with E-state index in [4.69, 9.17) is 0 Å². The molecule has 0 fully saturated rings. The third kappa shape index (κ3) is 7.29. The lowest BCUT2D eigenvalue weighted by atomic mass is 9.98. The molecule has 0 saturated heterocycles. The van der Waals surface area contributed by atoms with E-state index in [0.29, 0.717) is 18.3 Å². The van der Waals surface area contributed by atoms with Crippen molar-refractivity contribution in [1.82, 2.24) is 10.6 Å². The summed E-state index contributed by atoms with van der Waals surface area (Å²) in [5, 5.41) is 6.27. The summed E-state index contributed by atoms with van der Waals surface area (Å²) in [6.45, 7) is 8.92. The Labute approximate surface area is 123 Å². The van der Waals surface area contributed by atoms with Crippen LogP contribution in [0.15, 0.2) is 30.3 Å². The Bertz CT molecular complexity index is 376. The number of benzene rings is 1. The summed E-state index contributed by atoms with van der Waals surface area (Å²) in [5.74, 6) is 1.21. The highest BCUT2D eigenvalue weighted by Gasteiger charge is 2.05. The lowest BCUT2D eigenvalue weighted by Gasteiger charge is -2.12. The van der Waals surface area contributed by atoms with Crippen LogP contribution in [0.1, 0.15) is 45.1 Å². The molecular weight excluding hydrogens is 248 g/mol. The first-order valence-corrected chi connectivity index (χ1v) is 7.62. The lowest BCUT2D eigenvalue weighted by Crippen LogP contribution is -2.30. The van der Waals surface area contributed by atoms with Crippen LogP contribution in [0.5, 0.6) is 0 Å². The van der Waals surface area contributed by atoms with Crippen LogP contribution in [-0.2, 0) is 4.79 Å². The standard InChI is InChI=1S/C17H28N2O/c1-14(2)13-19-17(20)10-12-18-11-9-15(3)16-7-5-4-6-8-16/h4-8,14-15,18H,9-13H2,1-3H3,(H,19,20). The molecule has 1 atom stereocenters. The van der Waals surface area contributed by atoms with Crippen LogP contribution in [-0.4, -0.2) is 25.5 Å². The molecule has 0 radical (unpaired) electrons. The zero-order valence-electron chi connectivity index (χ0n) is 13.0. The summed E-state index contributed by atoms with van der Waals surface area (Å²) in [4.78, 5) is 11.5. The Balaban J connectivity index is 2.06. The molecule has 1 aromatic carbocycles. The zero-order chi connectivity index (χ0) is 14.8. The van der Waals surface area contributed by atoms with E-state index in [0.717, 1.165) is 26.1 Å². The van der Waals surface area contributed by atoms with Gasteiger partial charge in [-0.05, 0) is 30.4 Å². The average Bonchev–Trinajstić information content (AvgIpc) is 2.45. The monoisotopic (exact) mass is 276 g/mol. The number of rotatable bonds is 9. The summed E-state index contributed by atoms with van der Waals surface area (Å²) in [5.41, 5.74) is 1.38. The molecule has 3 nitrogen and oxygen atoms in total. The van der Waals surface area contributed by atoms with Crippen LogP contribution in [0.2, 0.25) is 0 Å². The van der Waals surface area contributed by atoms with Crippen molar-refractivity contribution in [3.05, 3.63) is 35.9 Å². The molecule has 0 aliphatic rings.